The summed E-state index contributed by atoms with van der Waals surface area (Å²) in [5.41, 5.74) is 2.43. The van der Waals surface area contributed by atoms with Crippen molar-refractivity contribution in [1.82, 2.24) is 10.6 Å². The molecule has 0 saturated heterocycles. The van der Waals surface area contributed by atoms with Gasteiger partial charge in [0.25, 0.3) is 0 Å². The van der Waals surface area contributed by atoms with Gasteiger partial charge < -0.3 is 20.8 Å². The van der Waals surface area contributed by atoms with Gasteiger partial charge in [-0.15, -0.1) is 0 Å². The second-order valence-electron chi connectivity index (χ2n) is 6.05. The van der Waals surface area contributed by atoms with E-state index in [-0.39, 0.29) is 25.3 Å². The van der Waals surface area contributed by atoms with Crippen LogP contribution in [0.5, 0.6) is 0 Å². The summed E-state index contributed by atoms with van der Waals surface area (Å²) >= 11 is 0. The summed E-state index contributed by atoms with van der Waals surface area (Å²) in [6.45, 7) is 1.73. The summed E-state index contributed by atoms with van der Waals surface area (Å²) in [4.78, 5) is 0. The first-order valence-corrected chi connectivity index (χ1v) is 8.58. The molecule has 0 aliphatic rings. The van der Waals surface area contributed by atoms with Crippen LogP contribution in [0, 0.1) is 0 Å². The Kier molecular flexibility index (Phi) is 8.49. The highest BCUT2D eigenvalue weighted by Gasteiger charge is 2.09. The molecule has 0 aliphatic heterocycles. The fourth-order valence-corrected chi connectivity index (χ4v) is 2.75. The molecule has 0 bridgehead atoms. The number of rotatable bonds is 11. The van der Waals surface area contributed by atoms with E-state index in [9.17, 15) is 10.2 Å². The maximum Gasteiger partial charge on any atom is 0.0587 e. The van der Waals surface area contributed by atoms with Crippen LogP contribution in [0.4, 0.5) is 0 Å². The molecule has 0 unspecified atom stereocenters. The standard InChI is InChI=1S/C20H28N2O2/c23-15-19(13-17-7-3-1-4-8-17)21-11-12-22-20(16-24)14-18-9-5-2-6-10-18/h1-10,19-24H,11-16H2/t19-,20-/m1/s1. The van der Waals surface area contributed by atoms with E-state index in [4.69, 9.17) is 0 Å². The fraction of sp³-hybridized carbons (Fsp3) is 0.400. The Hall–Kier alpha value is -1.72. The number of nitrogens with one attached hydrogen (secondary N) is 2. The van der Waals surface area contributed by atoms with Crippen molar-refractivity contribution in [3.63, 3.8) is 0 Å². The lowest BCUT2D eigenvalue weighted by Gasteiger charge is -2.19. The van der Waals surface area contributed by atoms with Crippen LogP contribution in [-0.4, -0.2) is 48.6 Å². The topological polar surface area (TPSA) is 64.5 Å². The summed E-state index contributed by atoms with van der Waals surface area (Å²) in [5.74, 6) is 0. The van der Waals surface area contributed by atoms with Gasteiger partial charge in [0.15, 0.2) is 0 Å². The summed E-state index contributed by atoms with van der Waals surface area (Å²) in [6, 6.07) is 20.4. The summed E-state index contributed by atoms with van der Waals surface area (Å²) in [7, 11) is 0. The lowest BCUT2D eigenvalue weighted by atomic mass is 10.1. The SMILES string of the molecule is OC[C@@H](Cc1ccccc1)NCCN[C@@H](CO)Cc1ccccc1. The molecule has 0 amide bonds. The molecule has 0 radical (unpaired) electrons. The van der Waals surface area contributed by atoms with Gasteiger partial charge in [-0.3, -0.25) is 0 Å². The molecule has 0 heterocycles. The van der Waals surface area contributed by atoms with E-state index in [0.29, 0.717) is 0 Å². The van der Waals surface area contributed by atoms with Crippen LogP contribution in [0.2, 0.25) is 0 Å². The van der Waals surface area contributed by atoms with Crippen molar-refractivity contribution in [2.45, 2.75) is 24.9 Å². The zero-order valence-corrected chi connectivity index (χ0v) is 14.1. The molecule has 0 fully saturated rings. The highest BCUT2D eigenvalue weighted by Crippen LogP contribution is 2.04. The molecule has 2 atom stereocenters. The normalized spacial score (nSPS) is 13.6. The van der Waals surface area contributed by atoms with Crippen molar-refractivity contribution in [3.8, 4) is 0 Å². The minimum absolute atomic E-state index is 0.0518. The molecule has 24 heavy (non-hydrogen) atoms. The van der Waals surface area contributed by atoms with E-state index in [0.717, 1.165) is 25.9 Å². The monoisotopic (exact) mass is 328 g/mol. The Labute approximate surface area is 144 Å². The minimum atomic E-state index is 0.0518. The molecular formula is C20H28N2O2. The third kappa shape index (κ3) is 6.81. The zero-order chi connectivity index (χ0) is 17.0. The van der Waals surface area contributed by atoms with Gasteiger partial charge in [0.05, 0.1) is 13.2 Å². The van der Waals surface area contributed by atoms with Gasteiger partial charge >= 0.3 is 0 Å². The molecule has 4 heteroatoms. The predicted molar refractivity (Wildman–Crippen MR) is 98.0 cm³/mol. The first-order chi connectivity index (χ1) is 11.8. The van der Waals surface area contributed by atoms with E-state index in [1.165, 1.54) is 11.1 Å². The second-order valence-corrected chi connectivity index (χ2v) is 6.05. The first kappa shape index (κ1) is 18.6. The Balaban J connectivity index is 1.68. The maximum atomic E-state index is 9.51. The number of hydrogen-bond acceptors (Lipinski definition) is 4. The average Bonchev–Trinajstić information content (AvgIpc) is 2.64. The highest BCUT2D eigenvalue weighted by atomic mass is 16.3. The predicted octanol–water partition coefficient (Wildman–Crippen LogP) is 1.37. The van der Waals surface area contributed by atoms with Crippen molar-refractivity contribution < 1.29 is 10.2 Å². The first-order valence-electron chi connectivity index (χ1n) is 8.58. The van der Waals surface area contributed by atoms with E-state index >= 15 is 0 Å². The van der Waals surface area contributed by atoms with Gasteiger partial charge in [-0.05, 0) is 24.0 Å². The third-order valence-corrected chi connectivity index (χ3v) is 4.08. The van der Waals surface area contributed by atoms with E-state index in [1.807, 2.05) is 36.4 Å². The van der Waals surface area contributed by atoms with Crippen molar-refractivity contribution in [3.05, 3.63) is 71.8 Å². The van der Waals surface area contributed by atoms with E-state index < -0.39 is 0 Å². The average molecular weight is 328 g/mol. The summed E-state index contributed by atoms with van der Waals surface area (Å²) < 4.78 is 0. The molecule has 4 nitrogen and oxygen atoms in total. The number of hydrogen-bond donors (Lipinski definition) is 4. The van der Waals surface area contributed by atoms with Crippen molar-refractivity contribution in [1.29, 1.82) is 0 Å². The van der Waals surface area contributed by atoms with Crippen LogP contribution >= 0.6 is 0 Å². The Morgan fingerprint density at radius 1 is 0.625 bits per heavy atom. The molecule has 0 spiro atoms. The zero-order valence-electron chi connectivity index (χ0n) is 14.1. The fourth-order valence-electron chi connectivity index (χ4n) is 2.75. The van der Waals surface area contributed by atoms with Gasteiger partial charge in [0, 0.05) is 25.2 Å². The van der Waals surface area contributed by atoms with Crippen LogP contribution in [0.3, 0.4) is 0 Å². The molecule has 2 aromatic rings. The molecule has 130 valence electrons. The van der Waals surface area contributed by atoms with Crippen LogP contribution in [0.25, 0.3) is 0 Å². The van der Waals surface area contributed by atoms with Crippen LogP contribution in [0.15, 0.2) is 60.7 Å². The lowest BCUT2D eigenvalue weighted by molar-refractivity contribution is 0.231. The van der Waals surface area contributed by atoms with E-state index in [2.05, 4.69) is 34.9 Å². The molecule has 4 N–H and O–H groups in total. The van der Waals surface area contributed by atoms with Crippen LogP contribution in [0.1, 0.15) is 11.1 Å². The Bertz CT molecular complexity index is 497. The Morgan fingerprint density at radius 3 is 1.33 bits per heavy atom. The number of benzene rings is 2. The Morgan fingerprint density at radius 2 is 1.00 bits per heavy atom. The number of aliphatic hydroxyl groups is 2. The van der Waals surface area contributed by atoms with Crippen molar-refractivity contribution in [2.75, 3.05) is 26.3 Å². The second kappa shape index (κ2) is 10.9. The third-order valence-electron chi connectivity index (χ3n) is 4.08. The quantitative estimate of drug-likeness (QED) is 0.471. The molecular weight excluding hydrogens is 300 g/mol. The highest BCUT2D eigenvalue weighted by molar-refractivity contribution is 5.16. The van der Waals surface area contributed by atoms with Crippen LogP contribution < -0.4 is 10.6 Å². The van der Waals surface area contributed by atoms with Gasteiger partial charge in [0.2, 0.25) is 0 Å². The summed E-state index contributed by atoms with van der Waals surface area (Å²) in [5, 5.41) is 25.8. The van der Waals surface area contributed by atoms with Gasteiger partial charge in [0.1, 0.15) is 0 Å². The van der Waals surface area contributed by atoms with Gasteiger partial charge in [-0.1, -0.05) is 60.7 Å². The van der Waals surface area contributed by atoms with Crippen molar-refractivity contribution >= 4 is 0 Å². The molecule has 2 rings (SSSR count). The maximum absolute atomic E-state index is 9.51. The van der Waals surface area contributed by atoms with Gasteiger partial charge in [-0.2, -0.15) is 0 Å². The van der Waals surface area contributed by atoms with Crippen molar-refractivity contribution in [2.24, 2.45) is 0 Å². The number of aliphatic hydroxyl groups excluding tert-OH is 2. The molecule has 0 saturated carbocycles. The largest absolute Gasteiger partial charge is 0.395 e. The minimum Gasteiger partial charge on any atom is -0.395 e. The summed E-state index contributed by atoms with van der Waals surface area (Å²) in [6.07, 6.45) is 1.62. The smallest absolute Gasteiger partial charge is 0.0587 e. The van der Waals surface area contributed by atoms with E-state index in [1.54, 1.807) is 0 Å². The van der Waals surface area contributed by atoms with Gasteiger partial charge in [-0.25, -0.2) is 0 Å². The molecule has 0 aromatic heterocycles. The van der Waals surface area contributed by atoms with Crippen LogP contribution in [-0.2, 0) is 12.8 Å². The molecule has 2 aromatic carbocycles. The lowest BCUT2D eigenvalue weighted by Crippen LogP contribution is -2.42. The molecule has 0 aliphatic carbocycles.